The summed E-state index contributed by atoms with van der Waals surface area (Å²) in [6, 6.07) is 31.2. The molecule has 690 valence electrons. The van der Waals surface area contributed by atoms with Crippen molar-refractivity contribution in [2.75, 3.05) is 134 Å². The molecule has 6 heterocycles. The molecule has 8 bridgehead atoms. The third-order valence-electron chi connectivity index (χ3n) is 16.9. The highest BCUT2D eigenvalue weighted by atomic mass is 35.5. The van der Waals surface area contributed by atoms with E-state index in [1.54, 1.807) is 125 Å². The quantitative estimate of drug-likeness (QED) is 0.0105. The molecule has 0 unspecified atom stereocenters. The SMILES string of the molecule is C.C.C.C=CCCOc1cc(N(Cc2cc(OC)cc(OCC=C)c2)C(=O)OCC)c([N+](=O)[O-])c(N)n1.C=CCOc1cc(CC)cc(OC)c1.C=CCOc1cc(CO)cc(OC)c1.CCOC(=O)N1Cc2cc(OC)cc(c2)OC/C=C/CCOc2cc1c([N+](=O)[O-])c(N)n2.COc1cc2cc(c1)OC/C=C/CCOc1cc3c([nH]c(=O)n3C2)c(N)n1.ClCCl.[2H][2H]. The highest BCUT2D eigenvalue weighted by Crippen LogP contribution is 2.41. The molecule has 0 radical (unpaired) electrons. The first kappa shape index (κ1) is 105. The van der Waals surface area contributed by atoms with Gasteiger partial charge in [0.25, 0.3) is 0 Å². The van der Waals surface area contributed by atoms with Crippen LogP contribution in [0.1, 0.15) is 93.1 Å². The van der Waals surface area contributed by atoms with Crippen molar-refractivity contribution in [2.24, 2.45) is 0 Å². The first-order chi connectivity index (χ1) is 60.9. The topological polar surface area (TPSA) is 440 Å². The van der Waals surface area contributed by atoms with E-state index >= 15 is 0 Å². The van der Waals surface area contributed by atoms with Gasteiger partial charge in [0.05, 0.1) is 116 Å². The largest absolute Gasteiger partial charge is 0.497 e. The van der Waals surface area contributed by atoms with Crippen molar-refractivity contribution < 1.29 is 98.6 Å². The molecular weight excluding hydrogens is 1690 g/mol. The van der Waals surface area contributed by atoms with Crippen LogP contribution in [0.5, 0.6) is 75.1 Å². The van der Waals surface area contributed by atoms with Crippen molar-refractivity contribution in [3.05, 3.63) is 243 Å². The fraction of sp³-hybridized carbons (Fsp3) is 0.333. The number of nitrogens with two attached hydrogens (primary N) is 3. The summed E-state index contributed by atoms with van der Waals surface area (Å²) in [4.78, 5) is 77.6. The van der Waals surface area contributed by atoms with Crippen LogP contribution in [-0.2, 0) is 42.1 Å². The predicted molar refractivity (Wildman–Crippen MR) is 497 cm³/mol. The lowest BCUT2D eigenvalue weighted by molar-refractivity contribution is -0.383. The number of nitro groups is 2. The molecule has 0 aliphatic carbocycles. The van der Waals surface area contributed by atoms with E-state index in [1.807, 2.05) is 60.7 Å². The number of hydrogen-bond acceptors (Lipinski definition) is 29. The van der Waals surface area contributed by atoms with Crippen LogP contribution in [0.25, 0.3) is 11.0 Å². The summed E-state index contributed by atoms with van der Waals surface area (Å²) in [5.41, 5.74) is 21.3. The third-order valence-corrected chi connectivity index (χ3v) is 16.9. The number of nitrogens with one attached hydrogen (secondary N) is 1. The van der Waals surface area contributed by atoms with E-state index in [4.69, 9.17) is 120 Å². The molecular formula is C90H118Cl2N12O23. The van der Waals surface area contributed by atoms with Gasteiger partial charge < -0.3 is 98.3 Å². The van der Waals surface area contributed by atoms with Crippen LogP contribution >= 0.6 is 23.2 Å². The van der Waals surface area contributed by atoms with E-state index in [0.717, 1.165) is 38.8 Å². The zero-order valence-electron chi connectivity index (χ0n) is 72.3. The van der Waals surface area contributed by atoms with Gasteiger partial charge in [-0.2, -0.15) is 15.0 Å². The Kier molecular flexibility index (Phi) is 47.6. The fourth-order valence-corrected chi connectivity index (χ4v) is 11.4. The number of aromatic nitrogens is 5. The van der Waals surface area contributed by atoms with Gasteiger partial charge in [-0.3, -0.25) is 34.6 Å². The molecule has 0 saturated carbocycles. The highest BCUT2D eigenvalue weighted by Gasteiger charge is 2.33. The predicted octanol–water partition coefficient (Wildman–Crippen LogP) is 18.0. The number of ether oxygens (including phenoxy) is 15. The number of nitrogens with zero attached hydrogens (tertiary/aromatic N) is 8. The smallest absolute Gasteiger partial charge is 0.414 e. The van der Waals surface area contributed by atoms with Gasteiger partial charge in [0.2, 0.25) is 29.3 Å². The minimum absolute atomic E-state index is 0. The van der Waals surface area contributed by atoms with Crippen LogP contribution in [0.4, 0.5) is 49.8 Å². The van der Waals surface area contributed by atoms with Crippen LogP contribution in [0.15, 0.2) is 189 Å². The number of anilines is 5. The van der Waals surface area contributed by atoms with Crippen molar-refractivity contribution in [3.63, 3.8) is 0 Å². The lowest BCUT2D eigenvalue weighted by Crippen LogP contribution is -2.32. The normalized spacial score (nSPS) is 12.0. The van der Waals surface area contributed by atoms with Crippen molar-refractivity contribution in [1.82, 2.24) is 24.5 Å². The number of fused-ring (bicyclic) bond motifs is 7. The standard InChI is InChI=1S/C23H28N4O7.C21H24N4O7.C19H20N4O4.C12H16O2.C11H14O3.CH2Cl2.3CH4.H2/c1-5-8-10-34-20-14-19(21(27(29)30)22(24)25-20)26(23(28)32-7-3)15-16-11-17(31-4)13-18(12-16)33-9-6-2;1-3-30-21(26)24-13-14-9-15(29-2)11-16(10-14)31-7-5-4-6-8-32-18-12-17(24)19(25(27)28)20(22)23-18;1-25-13-7-12-8-14(9-13)26-5-3-2-4-6-27-16-10-15-17(18(20)21-16)22-19(24)23(15)11-12;1-4-6-14-12-8-10(5-2)7-11(9-12)13-3;1-3-4-14-11-6-9(8-12)5-10(7-11)13-2;2-1-3;;;;/h5-6,11-14H,1-2,7-10,15H2,3-4H3,(H2,24,25);4-5,9-12H,3,6-8,13H2,1-2H3,(H2,22,23);2-3,7-10H,4-6,11H2,1H3,(H2,20,21)(H,22,24);4,7-9H,1,5-6H2,2-3H3;3,5-7,12H,1,4,8H2,2H3;1H2;3*1H4;1H/b;5-4+;3-2+;;;;;;;/i;;;;;;;;;1+1D. The van der Waals surface area contributed by atoms with Gasteiger partial charge in [-0.25, -0.2) is 14.4 Å². The number of H-pyrrole nitrogens is 1. The number of aryl methyl sites for hydroxylation is 1. The second-order valence-corrected chi connectivity index (χ2v) is 26.3. The molecule has 37 heteroatoms. The number of carbonyl (C=O) groups excluding carboxylic acids is 2. The lowest BCUT2D eigenvalue weighted by Gasteiger charge is -2.23. The van der Waals surface area contributed by atoms with E-state index in [-0.39, 0.29) is 121 Å². The number of aromatic amines is 1. The molecule has 2 aliphatic rings. The number of rotatable bonds is 27. The van der Waals surface area contributed by atoms with Crippen LogP contribution in [0, 0.1) is 20.2 Å². The monoisotopic (exact) mass is 1810 g/mol. The molecule has 11 rings (SSSR count). The van der Waals surface area contributed by atoms with Gasteiger partial charge in [0, 0.05) is 51.5 Å². The Hall–Kier alpha value is -14.1. The minimum Gasteiger partial charge on any atom is -0.497 e. The second kappa shape index (κ2) is 57.4. The summed E-state index contributed by atoms with van der Waals surface area (Å²) < 4.78 is 92.9. The molecule has 9 aromatic rings. The van der Waals surface area contributed by atoms with Gasteiger partial charge in [0.1, 0.15) is 107 Å². The Morgan fingerprint density at radius 3 is 1.51 bits per heavy atom. The molecule has 8 N–H and O–H groups in total. The van der Waals surface area contributed by atoms with Gasteiger partial charge in [-0.05, 0) is 128 Å². The maximum absolute atomic E-state index is 12.9. The van der Waals surface area contributed by atoms with Gasteiger partial charge >= 0.3 is 29.3 Å². The zero-order valence-corrected chi connectivity index (χ0v) is 71.8. The third kappa shape index (κ3) is 34.2. The maximum Gasteiger partial charge on any atom is 0.414 e. The summed E-state index contributed by atoms with van der Waals surface area (Å²) in [5.74, 6) is 6.25. The van der Waals surface area contributed by atoms with Gasteiger partial charge in [-0.1, -0.05) is 97.5 Å². The molecule has 4 aromatic heterocycles. The fourth-order valence-electron chi connectivity index (χ4n) is 11.4. The molecule has 0 atom stereocenters. The number of alkyl halides is 2. The van der Waals surface area contributed by atoms with E-state index in [2.05, 4.69) is 53.2 Å². The number of nitrogen functional groups attached to an aromatic ring is 3. The number of halogens is 2. The molecule has 0 saturated heterocycles. The first-order valence-electron chi connectivity index (χ1n) is 39.5. The number of pyridine rings is 3. The summed E-state index contributed by atoms with van der Waals surface area (Å²) in [7, 11) is 7.83. The Labute approximate surface area is 752 Å². The van der Waals surface area contributed by atoms with E-state index in [9.17, 15) is 34.6 Å². The summed E-state index contributed by atoms with van der Waals surface area (Å²) in [6.45, 7) is 22.9. The van der Waals surface area contributed by atoms with Crippen molar-refractivity contribution >= 4 is 86.6 Å². The number of carbonyl (C=O) groups is 2. The molecule has 5 aromatic carbocycles. The molecule has 127 heavy (non-hydrogen) atoms. The zero-order chi connectivity index (χ0) is 92.5. The Balaban J connectivity index is 0.000000555. The number of imidazole rings is 1. The Bertz CT molecular complexity index is 5070. The lowest BCUT2D eigenvalue weighted by atomic mass is 10.1. The van der Waals surface area contributed by atoms with E-state index in [0.29, 0.717) is 133 Å². The minimum atomic E-state index is -0.815. The summed E-state index contributed by atoms with van der Waals surface area (Å²) in [6.07, 6.45) is 15.4. The average Bonchev–Trinajstić information content (AvgIpc) is 1.42. The van der Waals surface area contributed by atoms with Crippen LogP contribution in [-0.4, -0.2) is 159 Å². The van der Waals surface area contributed by atoms with Crippen molar-refractivity contribution in [2.45, 2.75) is 95.0 Å². The average molecular weight is 1810 g/mol. The number of aliphatic hydroxyl groups excluding tert-OH is 1. The molecule has 0 fully saturated rings. The van der Waals surface area contributed by atoms with Gasteiger partial charge in [-0.15, -0.1) is 29.8 Å². The van der Waals surface area contributed by atoms with Crippen LogP contribution < -0.4 is 94.3 Å². The van der Waals surface area contributed by atoms with Crippen molar-refractivity contribution in [1.29, 1.82) is 0 Å². The molecule has 2 aliphatic heterocycles. The number of hydrogen-bond donors (Lipinski definition) is 5. The number of amides is 2. The highest BCUT2D eigenvalue weighted by molar-refractivity contribution is 6.40. The molecule has 35 nitrogen and oxygen atoms in total. The first-order valence-corrected chi connectivity index (χ1v) is 39.5. The number of benzene rings is 5. The van der Waals surface area contributed by atoms with E-state index < -0.39 is 39.2 Å². The Morgan fingerprint density at radius 1 is 0.575 bits per heavy atom. The molecule has 2 amide bonds. The molecule has 0 spiro atoms. The number of methoxy groups -OCH3 is 5. The Morgan fingerprint density at radius 2 is 1.03 bits per heavy atom. The summed E-state index contributed by atoms with van der Waals surface area (Å²) >= 11 is 9.53. The van der Waals surface area contributed by atoms with E-state index in [1.165, 1.54) is 31.9 Å². The van der Waals surface area contributed by atoms with Crippen LogP contribution in [0.2, 0.25) is 0 Å². The van der Waals surface area contributed by atoms with Gasteiger partial charge in [0.15, 0.2) is 5.82 Å². The summed E-state index contributed by atoms with van der Waals surface area (Å²) in [5, 5.41) is 32.8. The van der Waals surface area contributed by atoms with Crippen molar-refractivity contribution in [3.8, 4) is 75.1 Å². The van der Waals surface area contributed by atoms with Crippen LogP contribution in [0.3, 0.4) is 0 Å². The number of aliphatic hydroxyl groups is 1. The second-order valence-electron chi connectivity index (χ2n) is 25.5. The maximum atomic E-state index is 12.9.